The van der Waals surface area contributed by atoms with Crippen LogP contribution in [0.15, 0.2) is 12.3 Å². The Hall–Kier alpha value is -1.05. The molecule has 0 N–H and O–H groups in total. The highest BCUT2D eigenvalue weighted by Gasteiger charge is 2.25. The zero-order valence-electron chi connectivity index (χ0n) is 10.7. The van der Waals surface area contributed by atoms with Crippen molar-refractivity contribution in [1.82, 2.24) is 4.98 Å². The maximum atomic E-state index is 5.68. The second-order valence-corrected chi connectivity index (χ2v) is 5.29. The second kappa shape index (κ2) is 4.44. The number of ether oxygens (including phenoxy) is 1. The van der Waals surface area contributed by atoms with Crippen molar-refractivity contribution in [2.45, 2.75) is 46.0 Å². The van der Waals surface area contributed by atoms with Crippen molar-refractivity contribution in [2.75, 3.05) is 6.61 Å². The summed E-state index contributed by atoms with van der Waals surface area (Å²) in [4.78, 5) is 4.46. The minimum absolute atomic E-state index is 0.486. The number of nitrogens with zero attached hydrogens (tertiary/aromatic N) is 1. The highest BCUT2D eigenvalue weighted by Crippen LogP contribution is 2.38. The third-order valence-corrected chi connectivity index (χ3v) is 3.40. The standard InChI is InChI=1S/C14H21NO/c1-9(2)11-5-6-16-14-8-15-13(10(3)4)7-12(11)14/h7-11H,5-6H2,1-4H3. The quantitative estimate of drug-likeness (QED) is 0.756. The van der Waals surface area contributed by atoms with Gasteiger partial charge < -0.3 is 4.74 Å². The average Bonchev–Trinajstić information content (AvgIpc) is 2.27. The van der Waals surface area contributed by atoms with Crippen molar-refractivity contribution < 1.29 is 4.74 Å². The second-order valence-electron chi connectivity index (χ2n) is 5.29. The Kier molecular flexibility index (Phi) is 3.17. The molecule has 1 atom stereocenters. The van der Waals surface area contributed by atoms with Gasteiger partial charge in [-0.1, -0.05) is 27.7 Å². The fourth-order valence-electron chi connectivity index (χ4n) is 2.35. The minimum atomic E-state index is 0.486. The van der Waals surface area contributed by atoms with E-state index in [1.165, 1.54) is 11.3 Å². The Labute approximate surface area is 98.0 Å². The van der Waals surface area contributed by atoms with E-state index in [-0.39, 0.29) is 0 Å². The summed E-state index contributed by atoms with van der Waals surface area (Å²) >= 11 is 0. The number of aromatic nitrogens is 1. The van der Waals surface area contributed by atoms with Gasteiger partial charge in [-0.3, -0.25) is 4.98 Å². The van der Waals surface area contributed by atoms with Crippen LogP contribution in [0.5, 0.6) is 5.75 Å². The van der Waals surface area contributed by atoms with Crippen molar-refractivity contribution in [3.63, 3.8) is 0 Å². The molecule has 16 heavy (non-hydrogen) atoms. The van der Waals surface area contributed by atoms with E-state index in [2.05, 4.69) is 38.7 Å². The highest BCUT2D eigenvalue weighted by atomic mass is 16.5. The van der Waals surface area contributed by atoms with E-state index in [4.69, 9.17) is 4.74 Å². The topological polar surface area (TPSA) is 22.1 Å². The van der Waals surface area contributed by atoms with Crippen molar-refractivity contribution >= 4 is 0 Å². The number of hydrogen-bond acceptors (Lipinski definition) is 2. The molecule has 0 bridgehead atoms. The Morgan fingerprint density at radius 2 is 2.06 bits per heavy atom. The number of pyridine rings is 1. The van der Waals surface area contributed by atoms with Crippen LogP contribution < -0.4 is 4.74 Å². The van der Waals surface area contributed by atoms with Gasteiger partial charge in [-0.2, -0.15) is 0 Å². The Morgan fingerprint density at radius 3 is 2.69 bits per heavy atom. The monoisotopic (exact) mass is 219 g/mol. The first-order chi connectivity index (χ1) is 7.59. The van der Waals surface area contributed by atoms with E-state index in [0.29, 0.717) is 17.8 Å². The van der Waals surface area contributed by atoms with Crippen LogP contribution in [0.3, 0.4) is 0 Å². The smallest absolute Gasteiger partial charge is 0.141 e. The first-order valence-corrected chi connectivity index (χ1v) is 6.22. The summed E-state index contributed by atoms with van der Waals surface area (Å²) in [6, 6.07) is 2.24. The predicted molar refractivity (Wildman–Crippen MR) is 66.0 cm³/mol. The van der Waals surface area contributed by atoms with Gasteiger partial charge in [-0.15, -0.1) is 0 Å². The summed E-state index contributed by atoms with van der Waals surface area (Å²) in [7, 11) is 0. The fourth-order valence-corrected chi connectivity index (χ4v) is 2.35. The van der Waals surface area contributed by atoms with E-state index in [0.717, 1.165) is 18.8 Å². The van der Waals surface area contributed by atoms with Gasteiger partial charge in [0.05, 0.1) is 12.8 Å². The van der Waals surface area contributed by atoms with Gasteiger partial charge in [0.1, 0.15) is 5.75 Å². The van der Waals surface area contributed by atoms with Crippen LogP contribution in [-0.4, -0.2) is 11.6 Å². The summed E-state index contributed by atoms with van der Waals surface area (Å²) in [6.45, 7) is 9.77. The van der Waals surface area contributed by atoms with Crippen LogP contribution in [0.4, 0.5) is 0 Å². The third-order valence-electron chi connectivity index (χ3n) is 3.40. The number of rotatable bonds is 2. The van der Waals surface area contributed by atoms with E-state index in [1.54, 1.807) is 0 Å². The van der Waals surface area contributed by atoms with Gasteiger partial charge in [0.25, 0.3) is 0 Å². The molecular weight excluding hydrogens is 198 g/mol. The summed E-state index contributed by atoms with van der Waals surface area (Å²) in [5.41, 5.74) is 2.54. The summed E-state index contributed by atoms with van der Waals surface area (Å²) < 4.78 is 5.68. The molecule has 1 unspecified atom stereocenters. The summed E-state index contributed by atoms with van der Waals surface area (Å²) in [5, 5.41) is 0. The lowest BCUT2D eigenvalue weighted by atomic mass is 9.84. The average molecular weight is 219 g/mol. The molecule has 1 aromatic rings. The molecule has 2 heterocycles. The number of hydrogen-bond donors (Lipinski definition) is 0. The molecule has 0 spiro atoms. The SMILES string of the molecule is CC(C)c1cc2c(cn1)OCCC2C(C)C. The largest absolute Gasteiger partial charge is 0.492 e. The maximum absolute atomic E-state index is 5.68. The summed E-state index contributed by atoms with van der Waals surface area (Å²) in [6.07, 6.45) is 3.03. The van der Waals surface area contributed by atoms with Gasteiger partial charge in [-0.25, -0.2) is 0 Å². The molecule has 0 aromatic carbocycles. The molecule has 0 amide bonds. The molecule has 0 saturated carbocycles. The zero-order valence-corrected chi connectivity index (χ0v) is 10.7. The Balaban J connectivity index is 2.40. The van der Waals surface area contributed by atoms with Crippen LogP contribution in [0.25, 0.3) is 0 Å². The lowest BCUT2D eigenvalue weighted by Gasteiger charge is -2.29. The van der Waals surface area contributed by atoms with Gasteiger partial charge in [0.2, 0.25) is 0 Å². The van der Waals surface area contributed by atoms with Gasteiger partial charge in [-0.05, 0) is 30.2 Å². The molecule has 1 aliphatic heterocycles. The molecule has 0 saturated heterocycles. The third kappa shape index (κ3) is 2.06. The van der Waals surface area contributed by atoms with Crippen molar-refractivity contribution in [3.05, 3.63) is 23.5 Å². The van der Waals surface area contributed by atoms with E-state index < -0.39 is 0 Å². The maximum Gasteiger partial charge on any atom is 0.141 e. The lowest BCUT2D eigenvalue weighted by molar-refractivity contribution is 0.246. The van der Waals surface area contributed by atoms with Gasteiger partial charge in [0.15, 0.2) is 0 Å². The zero-order chi connectivity index (χ0) is 11.7. The van der Waals surface area contributed by atoms with Gasteiger partial charge in [0, 0.05) is 11.3 Å². The molecule has 88 valence electrons. The van der Waals surface area contributed by atoms with E-state index in [1.807, 2.05) is 6.20 Å². The number of fused-ring (bicyclic) bond motifs is 1. The molecule has 2 rings (SSSR count). The van der Waals surface area contributed by atoms with Crippen LogP contribution in [-0.2, 0) is 0 Å². The van der Waals surface area contributed by atoms with Crippen LogP contribution >= 0.6 is 0 Å². The molecule has 1 aliphatic rings. The molecule has 1 aromatic heterocycles. The predicted octanol–water partition coefficient (Wildman–Crippen LogP) is 3.73. The highest BCUT2D eigenvalue weighted by molar-refractivity contribution is 5.38. The van der Waals surface area contributed by atoms with E-state index in [9.17, 15) is 0 Å². The molecular formula is C14H21NO. The minimum Gasteiger partial charge on any atom is -0.492 e. The van der Waals surface area contributed by atoms with E-state index >= 15 is 0 Å². The fraction of sp³-hybridized carbons (Fsp3) is 0.643. The Morgan fingerprint density at radius 1 is 1.31 bits per heavy atom. The normalized spacial score (nSPS) is 19.8. The molecule has 0 radical (unpaired) electrons. The molecule has 2 nitrogen and oxygen atoms in total. The molecule has 0 fully saturated rings. The van der Waals surface area contributed by atoms with Crippen molar-refractivity contribution in [2.24, 2.45) is 5.92 Å². The van der Waals surface area contributed by atoms with Crippen LogP contribution in [0.2, 0.25) is 0 Å². The van der Waals surface area contributed by atoms with Crippen LogP contribution in [0.1, 0.15) is 57.2 Å². The van der Waals surface area contributed by atoms with Crippen LogP contribution in [0, 0.1) is 5.92 Å². The molecule has 2 heteroatoms. The van der Waals surface area contributed by atoms with Gasteiger partial charge >= 0.3 is 0 Å². The van der Waals surface area contributed by atoms with Crippen molar-refractivity contribution in [1.29, 1.82) is 0 Å². The molecule has 0 aliphatic carbocycles. The van der Waals surface area contributed by atoms with Crippen molar-refractivity contribution in [3.8, 4) is 5.75 Å². The first-order valence-electron chi connectivity index (χ1n) is 6.22. The lowest BCUT2D eigenvalue weighted by Crippen LogP contribution is -2.19. The summed E-state index contributed by atoms with van der Waals surface area (Å²) in [5.74, 6) is 2.78. The first kappa shape index (κ1) is 11.4. The Bertz CT molecular complexity index is 371.